The highest BCUT2D eigenvalue weighted by Gasteiger charge is 2.22. The molecule has 0 unspecified atom stereocenters. The van der Waals surface area contributed by atoms with Crippen LogP contribution in [0.25, 0.3) is 0 Å². The number of rotatable bonds is 6. The van der Waals surface area contributed by atoms with Crippen LogP contribution >= 0.6 is 11.6 Å². The van der Waals surface area contributed by atoms with Gasteiger partial charge in [0.2, 0.25) is 11.8 Å². The molecule has 0 aliphatic carbocycles. The first-order valence-electron chi connectivity index (χ1n) is 10.2. The summed E-state index contributed by atoms with van der Waals surface area (Å²) < 4.78 is 0. The molecule has 1 heterocycles. The molecule has 1 aliphatic rings. The molecule has 7 heteroatoms. The standard InChI is InChI=1S/C23H26ClN3O3/c24-20-10-7-18(8-11-20)9-12-21(28)26-13-4-14-27(16-15-26)22(29)17-25-23(30)19-5-2-1-3-6-19/h1-3,5-8,10-11H,4,9,12-17H2,(H,25,30). The lowest BCUT2D eigenvalue weighted by Gasteiger charge is -2.22. The molecule has 3 amide bonds. The molecule has 0 saturated carbocycles. The third kappa shape index (κ3) is 6.32. The zero-order valence-electron chi connectivity index (χ0n) is 16.9. The van der Waals surface area contributed by atoms with Crippen LogP contribution in [0.4, 0.5) is 0 Å². The van der Waals surface area contributed by atoms with Gasteiger partial charge in [0.25, 0.3) is 5.91 Å². The van der Waals surface area contributed by atoms with Gasteiger partial charge >= 0.3 is 0 Å². The maximum absolute atomic E-state index is 12.6. The van der Waals surface area contributed by atoms with E-state index in [4.69, 9.17) is 11.6 Å². The van der Waals surface area contributed by atoms with Crippen LogP contribution in [0.1, 0.15) is 28.8 Å². The molecule has 6 nitrogen and oxygen atoms in total. The van der Waals surface area contributed by atoms with E-state index in [1.54, 1.807) is 29.2 Å². The second-order valence-electron chi connectivity index (χ2n) is 7.29. The first-order valence-corrected chi connectivity index (χ1v) is 10.5. The quantitative estimate of drug-likeness (QED) is 0.770. The fraction of sp³-hybridized carbons (Fsp3) is 0.348. The predicted octanol–water partition coefficient (Wildman–Crippen LogP) is 2.76. The zero-order chi connectivity index (χ0) is 21.3. The van der Waals surface area contributed by atoms with Crippen molar-refractivity contribution in [2.24, 2.45) is 0 Å². The van der Waals surface area contributed by atoms with E-state index in [1.807, 2.05) is 35.2 Å². The largest absolute Gasteiger partial charge is 0.343 e. The molecule has 30 heavy (non-hydrogen) atoms. The topological polar surface area (TPSA) is 69.7 Å². The van der Waals surface area contributed by atoms with Gasteiger partial charge in [-0.15, -0.1) is 0 Å². The highest BCUT2D eigenvalue weighted by Crippen LogP contribution is 2.12. The fourth-order valence-electron chi connectivity index (χ4n) is 3.44. The Labute approximate surface area is 181 Å². The molecule has 0 radical (unpaired) electrons. The lowest BCUT2D eigenvalue weighted by atomic mass is 10.1. The SMILES string of the molecule is O=C(NCC(=O)N1CCCN(C(=O)CCc2ccc(Cl)cc2)CC1)c1ccccc1. The first-order chi connectivity index (χ1) is 14.5. The number of nitrogens with zero attached hydrogens (tertiary/aromatic N) is 2. The van der Waals surface area contributed by atoms with Gasteiger partial charge in [-0.2, -0.15) is 0 Å². The maximum Gasteiger partial charge on any atom is 0.251 e. The Morgan fingerprint density at radius 1 is 0.833 bits per heavy atom. The van der Waals surface area contributed by atoms with Gasteiger partial charge in [0.1, 0.15) is 0 Å². The monoisotopic (exact) mass is 427 g/mol. The molecule has 1 fully saturated rings. The average Bonchev–Trinajstić information content (AvgIpc) is 3.04. The number of hydrogen-bond donors (Lipinski definition) is 1. The molecule has 1 saturated heterocycles. The molecule has 0 bridgehead atoms. The van der Waals surface area contributed by atoms with Gasteiger partial charge in [0, 0.05) is 43.2 Å². The average molecular weight is 428 g/mol. The molecule has 0 atom stereocenters. The van der Waals surface area contributed by atoms with Crippen LogP contribution in [0.3, 0.4) is 0 Å². The smallest absolute Gasteiger partial charge is 0.251 e. The van der Waals surface area contributed by atoms with Crippen molar-refractivity contribution < 1.29 is 14.4 Å². The molecule has 0 spiro atoms. The van der Waals surface area contributed by atoms with Crippen LogP contribution in [0.2, 0.25) is 5.02 Å². The lowest BCUT2D eigenvalue weighted by Crippen LogP contribution is -2.42. The minimum atomic E-state index is -0.266. The van der Waals surface area contributed by atoms with E-state index in [2.05, 4.69) is 5.32 Å². The zero-order valence-corrected chi connectivity index (χ0v) is 17.6. The van der Waals surface area contributed by atoms with Gasteiger partial charge in [-0.1, -0.05) is 41.9 Å². The number of carbonyl (C=O) groups is 3. The van der Waals surface area contributed by atoms with E-state index >= 15 is 0 Å². The van der Waals surface area contributed by atoms with Crippen LogP contribution in [0, 0.1) is 0 Å². The normalized spacial score (nSPS) is 14.2. The van der Waals surface area contributed by atoms with Crippen molar-refractivity contribution in [3.05, 3.63) is 70.7 Å². The Balaban J connectivity index is 1.43. The second-order valence-corrected chi connectivity index (χ2v) is 7.73. The summed E-state index contributed by atoms with van der Waals surface area (Å²) >= 11 is 5.89. The molecular formula is C23H26ClN3O3. The van der Waals surface area contributed by atoms with Crippen LogP contribution in [-0.2, 0) is 16.0 Å². The Hall–Kier alpha value is -2.86. The van der Waals surface area contributed by atoms with Gasteiger partial charge in [-0.05, 0) is 42.7 Å². The van der Waals surface area contributed by atoms with E-state index in [1.165, 1.54) is 0 Å². The van der Waals surface area contributed by atoms with E-state index in [0.29, 0.717) is 49.6 Å². The van der Waals surface area contributed by atoms with E-state index in [-0.39, 0.29) is 24.3 Å². The number of nitrogens with one attached hydrogen (secondary N) is 1. The van der Waals surface area contributed by atoms with Crippen molar-refractivity contribution in [1.29, 1.82) is 0 Å². The molecule has 2 aromatic carbocycles. The number of hydrogen-bond acceptors (Lipinski definition) is 3. The lowest BCUT2D eigenvalue weighted by molar-refractivity contribution is -0.133. The number of carbonyl (C=O) groups excluding carboxylic acids is 3. The summed E-state index contributed by atoms with van der Waals surface area (Å²) in [6.45, 7) is 2.17. The molecule has 1 N–H and O–H groups in total. The number of halogens is 1. The van der Waals surface area contributed by atoms with Gasteiger partial charge in [-0.3, -0.25) is 14.4 Å². The molecular weight excluding hydrogens is 402 g/mol. The summed E-state index contributed by atoms with van der Waals surface area (Å²) in [6.07, 6.45) is 1.83. The summed E-state index contributed by atoms with van der Waals surface area (Å²) in [4.78, 5) is 40.7. The first kappa shape index (κ1) is 21.8. The van der Waals surface area contributed by atoms with Crippen LogP contribution < -0.4 is 5.32 Å². The number of amides is 3. The maximum atomic E-state index is 12.6. The minimum Gasteiger partial charge on any atom is -0.343 e. The molecule has 2 aromatic rings. The Kier molecular flexibility index (Phi) is 7.85. The Morgan fingerprint density at radius 2 is 1.47 bits per heavy atom. The van der Waals surface area contributed by atoms with Crippen molar-refractivity contribution in [1.82, 2.24) is 15.1 Å². The van der Waals surface area contributed by atoms with Gasteiger partial charge in [0.15, 0.2) is 0 Å². The van der Waals surface area contributed by atoms with Crippen molar-refractivity contribution in [3.63, 3.8) is 0 Å². The van der Waals surface area contributed by atoms with Gasteiger partial charge < -0.3 is 15.1 Å². The van der Waals surface area contributed by atoms with Crippen molar-refractivity contribution >= 4 is 29.3 Å². The van der Waals surface area contributed by atoms with E-state index < -0.39 is 0 Å². The summed E-state index contributed by atoms with van der Waals surface area (Å²) in [7, 11) is 0. The second kappa shape index (κ2) is 10.8. The van der Waals surface area contributed by atoms with Gasteiger partial charge in [-0.25, -0.2) is 0 Å². The highest BCUT2D eigenvalue weighted by molar-refractivity contribution is 6.30. The highest BCUT2D eigenvalue weighted by atomic mass is 35.5. The molecule has 158 valence electrons. The van der Waals surface area contributed by atoms with Crippen molar-refractivity contribution in [2.45, 2.75) is 19.3 Å². The predicted molar refractivity (Wildman–Crippen MR) is 116 cm³/mol. The van der Waals surface area contributed by atoms with Crippen molar-refractivity contribution in [2.75, 3.05) is 32.7 Å². The summed E-state index contributed by atoms with van der Waals surface area (Å²) in [5.41, 5.74) is 1.60. The third-order valence-electron chi connectivity index (χ3n) is 5.18. The summed E-state index contributed by atoms with van der Waals surface area (Å²) in [6, 6.07) is 16.3. The fourth-order valence-corrected chi connectivity index (χ4v) is 3.56. The van der Waals surface area contributed by atoms with Crippen LogP contribution in [-0.4, -0.2) is 60.2 Å². The summed E-state index contributed by atoms with van der Waals surface area (Å²) in [5.74, 6) is -0.302. The Morgan fingerprint density at radius 3 is 2.13 bits per heavy atom. The van der Waals surface area contributed by atoms with Crippen LogP contribution in [0.5, 0.6) is 0 Å². The van der Waals surface area contributed by atoms with Gasteiger partial charge in [0.05, 0.1) is 6.54 Å². The van der Waals surface area contributed by atoms with Crippen molar-refractivity contribution in [3.8, 4) is 0 Å². The third-order valence-corrected chi connectivity index (χ3v) is 5.43. The minimum absolute atomic E-state index is 0.0434. The molecule has 0 aromatic heterocycles. The molecule has 3 rings (SSSR count). The summed E-state index contributed by atoms with van der Waals surface area (Å²) in [5, 5.41) is 3.36. The number of aryl methyl sites for hydroxylation is 1. The Bertz CT molecular complexity index is 871. The van der Waals surface area contributed by atoms with E-state index in [9.17, 15) is 14.4 Å². The molecule has 1 aliphatic heterocycles. The van der Waals surface area contributed by atoms with Crippen LogP contribution in [0.15, 0.2) is 54.6 Å². The van der Waals surface area contributed by atoms with E-state index in [0.717, 1.165) is 12.0 Å². The number of benzene rings is 2.